The monoisotopic (exact) mass is 312 g/mol. The van der Waals surface area contributed by atoms with Crippen molar-refractivity contribution in [3.05, 3.63) is 50.6 Å². The summed E-state index contributed by atoms with van der Waals surface area (Å²) in [7, 11) is 1.63. The van der Waals surface area contributed by atoms with Gasteiger partial charge in [-0.25, -0.2) is 0 Å². The molecule has 1 heterocycles. The first-order valence-electron chi connectivity index (χ1n) is 5.24. The predicted octanol–water partition coefficient (Wildman–Crippen LogP) is 3.80. The lowest BCUT2D eigenvalue weighted by Gasteiger charge is -2.08. The summed E-state index contributed by atoms with van der Waals surface area (Å²) in [6, 6.07) is 9.87. The Balaban J connectivity index is 2.05. The van der Waals surface area contributed by atoms with E-state index in [0.29, 0.717) is 6.42 Å². The van der Waals surface area contributed by atoms with E-state index in [1.165, 1.54) is 11.3 Å². The number of hydrogen-bond donors (Lipinski definition) is 1. The van der Waals surface area contributed by atoms with E-state index >= 15 is 0 Å². The molecule has 0 amide bonds. The molecule has 1 aromatic carbocycles. The van der Waals surface area contributed by atoms with Crippen molar-refractivity contribution >= 4 is 27.3 Å². The zero-order chi connectivity index (χ0) is 12.3. The van der Waals surface area contributed by atoms with Gasteiger partial charge in [-0.2, -0.15) is 0 Å². The summed E-state index contributed by atoms with van der Waals surface area (Å²) in [5.41, 5.74) is 1.12. The Morgan fingerprint density at radius 1 is 1.35 bits per heavy atom. The normalized spacial score (nSPS) is 12.4. The highest BCUT2D eigenvalue weighted by atomic mass is 79.9. The molecule has 4 heteroatoms. The summed E-state index contributed by atoms with van der Waals surface area (Å²) in [4.78, 5) is 0.935. The second-order valence-electron chi connectivity index (χ2n) is 3.74. The fourth-order valence-corrected chi connectivity index (χ4v) is 2.67. The average molecular weight is 313 g/mol. The fourth-order valence-electron chi connectivity index (χ4n) is 1.56. The molecule has 2 aromatic rings. The van der Waals surface area contributed by atoms with Crippen LogP contribution in [0.25, 0.3) is 0 Å². The molecule has 0 aliphatic heterocycles. The second kappa shape index (κ2) is 5.67. The second-order valence-corrected chi connectivity index (χ2v) is 5.59. The maximum atomic E-state index is 10.1. The van der Waals surface area contributed by atoms with Crippen LogP contribution in [0.3, 0.4) is 0 Å². The van der Waals surface area contributed by atoms with Crippen LogP contribution >= 0.6 is 27.3 Å². The van der Waals surface area contributed by atoms with E-state index in [0.717, 1.165) is 20.7 Å². The van der Waals surface area contributed by atoms with Crippen molar-refractivity contribution in [2.24, 2.45) is 0 Å². The number of ether oxygens (including phenoxy) is 1. The number of benzene rings is 1. The zero-order valence-electron chi connectivity index (χ0n) is 9.39. The van der Waals surface area contributed by atoms with Gasteiger partial charge in [0.05, 0.1) is 13.2 Å². The number of rotatable bonds is 4. The van der Waals surface area contributed by atoms with Crippen LogP contribution in [0.4, 0.5) is 0 Å². The lowest BCUT2D eigenvalue weighted by molar-refractivity contribution is 0.182. The van der Waals surface area contributed by atoms with Crippen LogP contribution in [0, 0.1) is 0 Å². The molecule has 0 aliphatic rings. The van der Waals surface area contributed by atoms with E-state index in [9.17, 15) is 5.11 Å². The van der Waals surface area contributed by atoms with Gasteiger partial charge in [-0.1, -0.05) is 28.1 Å². The highest BCUT2D eigenvalue weighted by Crippen LogP contribution is 2.29. The van der Waals surface area contributed by atoms with E-state index < -0.39 is 6.10 Å². The third-order valence-corrected chi connectivity index (χ3v) is 4.04. The molecule has 0 saturated carbocycles. The lowest BCUT2D eigenvalue weighted by atomic mass is 10.1. The molecular weight excluding hydrogens is 300 g/mol. The van der Waals surface area contributed by atoms with Gasteiger partial charge >= 0.3 is 0 Å². The Bertz CT molecular complexity index is 478. The van der Waals surface area contributed by atoms with Crippen molar-refractivity contribution in [3.8, 4) is 5.75 Å². The van der Waals surface area contributed by atoms with Crippen molar-refractivity contribution < 1.29 is 9.84 Å². The van der Waals surface area contributed by atoms with Crippen LogP contribution in [0.15, 0.2) is 40.2 Å². The van der Waals surface area contributed by atoms with Gasteiger partial charge in [0.15, 0.2) is 0 Å². The molecular formula is C13H13BrO2S. The molecule has 2 nitrogen and oxygen atoms in total. The summed E-state index contributed by atoms with van der Waals surface area (Å²) in [5.74, 6) is 0.805. The SMILES string of the molecule is COc1csc(C(O)Cc2ccc(Br)cc2)c1. The van der Waals surface area contributed by atoms with Crippen molar-refractivity contribution in [3.63, 3.8) is 0 Å². The van der Waals surface area contributed by atoms with Crippen LogP contribution in [0.2, 0.25) is 0 Å². The number of halogens is 1. The molecule has 0 fully saturated rings. The molecule has 0 radical (unpaired) electrons. The molecule has 90 valence electrons. The number of hydrogen-bond acceptors (Lipinski definition) is 3. The number of thiophene rings is 1. The van der Waals surface area contributed by atoms with Gasteiger partial charge in [0, 0.05) is 21.2 Å². The Morgan fingerprint density at radius 3 is 2.65 bits per heavy atom. The number of methoxy groups -OCH3 is 1. The van der Waals surface area contributed by atoms with Gasteiger partial charge in [-0.15, -0.1) is 11.3 Å². The molecule has 0 saturated heterocycles. The lowest BCUT2D eigenvalue weighted by Crippen LogP contribution is -1.99. The van der Waals surface area contributed by atoms with Crippen LogP contribution in [0.5, 0.6) is 5.75 Å². The standard InChI is InChI=1S/C13H13BrO2S/c1-16-11-7-13(17-8-11)12(15)6-9-2-4-10(14)5-3-9/h2-5,7-8,12,15H,6H2,1H3. The Labute approximate surface area is 113 Å². The first-order chi connectivity index (χ1) is 8.19. The van der Waals surface area contributed by atoms with E-state index in [4.69, 9.17) is 4.74 Å². The zero-order valence-corrected chi connectivity index (χ0v) is 11.8. The minimum atomic E-state index is -0.468. The van der Waals surface area contributed by atoms with Crippen molar-refractivity contribution in [2.75, 3.05) is 7.11 Å². The van der Waals surface area contributed by atoms with Crippen molar-refractivity contribution in [1.82, 2.24) is 0 Å². The first-order valence-corrected chi connectivity index (χ1v) is 6.91. The molecule has 0 bridgehead atoms. The Morgan fingerprint density at radius 2 is 2.06 bits per heavy atom. The molecule has 2 rings (SSSR count). The third-order valence-electron chi connectivity index (χ3n) is 2.50. The summed E-state index contributed by atoms with van der Waals surface area (Å²) in [6.07, 6.45) is 0.154. The highest BCUT2D eigenvalue weighted by molar-refractivity contribution is 9.10. The Hall–Kier alpha value is -0.840. The molecule has 0 aliphatic carbocycles. The maximum absolute atomic E-state index is 10.1. The predicted molar refractivity (Wildman–Crippen MR) is 73.7 cm³/mol. The molecule has 0 spiro atoms. The van der Waals surface area contributed by atoms with Gasteiger partial charge in [0.2, 0.25) is 0 Å². The van der Waals surface area contributed by atoms with Gasteiger partial charge in [0.1, 0.15) is 5.75 Å². The molecule has 1 atom stereocenters. The molecule has 1 unspecified atom stereocenters. The first kappa shape index (κ1) is 12.6. The van der Waals surface area contributed by atoms with Crippen LogP contribution in [0.1, 0.15) is 16.5 Å². The molecule has 1 aromatic heterocycles. The minimum Gasteiger partial charge on any atom is -0.496 e. The van der Waals surface area contributed by atoms with Crippen molar-refractivity contribution in [1.29, 1.82) is 0 Å². The van der Waals surface area contributed by atoms with E-state index in [1.54, 1.807) is 7.11 Å². The van der Waals surface area contributed by atoms with Crippen LogP contribution < -0.4 is 4.74 Å². The summed E-state index contributed by atoms with van der Waals surface area (Å²) in [5, 5.41) is 12.0. The van der Waals surface area contributed by atoms with Crippen LogP contribution in [-0.2, 0) is 6.42 Å². The quantitative estimate of drug-likeness (QED) is 0.930. The number of aliphatic hydroxyl groups is 1. The minimum absolute atomic E-state index is 0.468. The smallest absolute Gasteiger partial charge is 0.129 e. The molecule has 17 heavy (non-hydrogen) atoms. The fraction of sp³-hybridized carbons (Fsp3) is 0.231. The van der Waals surface area contributed by atoms with E-state index in [-0.39, 0.29) is 0 Å². The van der Waals surface area contributed by atoms with Gasteiger partial charge in [-0.05, 0) is 23.8 Å². The van der Waals surface area contributed by atoms with Crippen molar-refractivity contribution in [2.45, 2.75) is 12.5 Å². The maximum Gasteiger partial charge on any atom is 0.129 e. The summed E-state index contributed by atoms with van der Waals surface area (Å²) >= 11 is 4.91. The summed E-state index contributed by atoms with van der Waals surface area (Å²) in [6.45, 7) is 0. The number of aliphatic hydroxyl groups excluding tert-OH is 1. The van der Waals surface area contributed by atoms with E-state index in [1.807, 2.05) is 35.7 Å². The Kier molecular flexibility index (Phi) is 4.20. The highest BCUT2D eigenvalue weighted by Gasteiger charge is 2.11. The van der Waals surface area contributed by atoms with Gasteiger partial charge in [-0.3, -0.25) is 0 Å². The average Bonchev–Trinajstić information content (AvgIpc) is 2.81. The van der Waals surface area contributed by atoms with E-state index in [2.05, 4.69) is 15.9 Å². The third kappa shape index (κ3) is 3.31. The topological polar surface area (TPSA) is 29.5 Å². The van der Waals surface area contributed by atoms with Gasteiger partial charge in [0.25, 0.3) is 0 Å². The van der Waals surface area contributed by atoms with Gasteiger partial charge < -0.3 is 9.84 Å². The largest absolute Gasteiger partial charge is 0.496 e. The molecule has 1 N–H and O–H groups in total. The van der Waals surface area contributed by atoms with Crippen LogP contribution in [-0.4, -0.2) is 12.2 Å². The summed E-state index contributed by atoms with van der Waals surface area (Å²) < 4.78 is 6.15.